The standard InChI is InChI=1S/2C16H13ClN5O4S.Co.Na/c2*1-9-15(20-19-11-8-10(17)6-7-13(11)23)16(24)22(21-9)12-4-2-3-5-14(12)27(18,25)26;;/h2*2-8,23H,1H3,(H2,18,25,26);;/q2*-1;;+1. The second-order valence-corrected chi connectivity index (χ2v) is 14.9. The van der Waals surface area contributed by atoms with Crippen molar-refractivity contribution in [2.45, 2.75) is 23.6 Å². The predicted octanol–water partition coefficient (Wildman–Crippen LogP) is 2.36. The molecule has 0 fully saturated rings. The molecule has 0 bridgehead atoms. The van der Waals surface area contributed by atoms with E-state index >= 15 is 0 Å². The summed E-state index contributed by atoms with van der Waals surface area (Å²) in [7, 11) is -8.14. The largest absolute Gasteiger partial charge is 1.00 e. The zero-order valence-corrected chi connectivity index (χ0v) is 35.3. The average molecular weight is 896 g/mol. The molecule has 0 saturated carbocycles. The van der Waals surface area contributed by atoms with Gasteiger partial charge in [-0.25, -0.2) is 46.7 Å². The average Bonchev–Trinajstić information content (AvgIpc) is 3.56. The van der Waals surface area contributed by atoms with Gasteiger partial charge < -0.3 is 30.0 Å². The van der Waals surface area contributed by atoms with Crippen molar-refractivity contribution in [3.8, 4) is 22.9 Å². The third-order valence-corrected chi connectivity index (χ3v) is 9.55. The molecular formula is C32H26Cl2CoN10NaO8S2-. The Morgan fingerprint density at radius 2 is 0.982 bits per heavy atom. The van der Waals surface area contributed by atoms with Crippen molar-refractivity contribution < 1.29 is 73.4 Å². The first-order valence-corrected chi connectivity index (χ1v) is 18.8. The predicted molar refractivity (Wildman–Crippen MR) is 198 cm³/mol. The summed E-state index contributed by atoms with van der Waals surface area (Å²) >= 11 is 11.7. The second kappa shape index (κ2) is 18.7. The van der Waals surface area contributed by atoms with Crippen LogP contribution in [0.2, 0.25) is 10.0 Å². The second-order valence-electron chi connectivity index (χ2n) is 11.0. The smallest absolute Gasteiger partial charge is 0.506 e. The van der Waals surface area contributed by atoms with Crippen molar-refractivity contribution in [2.24, 2.45) is 30.7 Å². The molecule has 18 nitrogen and oxygen atoms in total. The third-order valence-electron chi connectivity index (χ3n) is 7.17. The summed E-state index contributed by atoms with van der Waals surface area (Å²) in [6, 6.07) is 19.8. The van der Waals surface area contributed by atoms with E-state index in [1.165, 1.54) is 86.6 Å². The van der Waals surface area contributed by atoms with Gasteiger partial charge in [-0.1, -0.05) is 72.7 Å². The van der Waals surface area contributed by atoms with Crippen molar-refractivity contribution in [3.05, 3.63) is 127 Å². The van der Waals surface area contributed by atoms with Crippen LogP contribution in [-0.2, 0) is 36.8 Å². The summed E-state index contributed by atoms with van der Waals surface area (Å²) in [5.41, 5.74) is -1.03. The first-order valence-electron chi connectivity index (χ1n) is 14.9. The summed E-state index contributed by atoms with van der Waals surface area (Å²) in [6.45, 7) is 3.04. The van der Waals surface area contributed by atoms with Gasteiger partial charge >= 0.3 is 29.6 Å². The Morgan fingerprint density at radius 3 is 1.32 bits per heavy atom. The van der Waals surface area contributed by atoms with Crippen LogP contribution < -0.4 is 51.0 Å². The van der Waals surface area contributed by atoms with Gasteiger partial charge in [-0.3, -0.25) is 0 Å². The number of nitrogens with two attached hydrogens (primary N) is 2. The maximum Gasteiger partial charge on any atom is 1.00 e. The third kappa shape index (κ3) is 10.5. The zero-order chi connectivity index (χ0) is 39.5. The maximum atomic E-state index is 12.7. The number of benzene rings is 4. The monoisotopic (exact) mass is 894 g/mol. The summed E-state index contributed by atoms with van der Waals surface area (Å²) in [6.07, 6.45) is 0. The fourth-order valence-electron chi connectivity index (χ4n) is 4.66. The van der Waals surface area contributed by atoms with Crippen LogP contribution in [0.4, 0.5) is 22.7 Å². The Kier molecular flexibility index (Phi) is 15.4. The molecule has 2 heterocycles. The molecule has 24 heteroatoms. The molecule has 289 valence electrons. The first-order chi connectivity index (χ1) is 25.4. The van der Waals surface area contributed by atoms with E-state index in [1.54, 1.807) is 12.1 Å². The minimum absolute atomic E-state index is 0. The topological polar surface area (TPSA) is 280 Å². The van der Waals surface area contributed by atoms with Crippen molar-refractivity contribution in [1.29, 1.82) is 0 Å². The van der Waals surface area contributed by atoms with E-state index < -0.39 is 31.2 Å². The number of phenolic OH excluding ortho intramolecular Hbond substituents is 2. The number of nitrogens with zero attached hydrogens (tertiary/aromatic N) is 8. The fraction of sp³-hybridized carbons (Fsp3) is 0.0625. The number of para-hydroxylation sites is 2. The van der Waals surface area contributed by atoms with Crippen molar-refractivity contribution in [1.82, 2.24) is 19.6 Å². The molecule has 4 aromatic carbocycles. The molecule has 0 atom stereocenters. The molecule has 0 aliphatic rings. The Hall–Kier alpha value is -4.39. The van der Waals surface area contributed by atoms with Gasteiger partial charge in [0, 0.05) is 26.8 Å². The van der Waals surface area contributed by atoms with Gasteiger partial charge in [0.15, 0.2) is 0 Å². The number of hydrogen-bond acceptors (Lipinski definition) is 14. The van der Waals surface area contributed by atoms with E-state index in [9.17, 15) is 36.6 Å². The number of hydrogen-bond donors (Lipinski definition) is 4. The Morgan fingerprint density at radius 1 is 0.643 bits per heavy atom. The van der Waals surface area contributed by atoms with E-state index in [1.807, 2.05) is 0 Å². The Labute approximate surface area is 360 Å². The SMILES string of the molecule is Cc1nn(-c2ccccc2S(N)(=O)=O)c(=O)[c-]1N=Nc1cc(Cl)ccc1O.Cc1nn(-c2ccccc2S(N)(=O)=O)c(=O)[c-]1N=Nc1cc(Cl)ccc1O.[Co].[Na+]. The molecule has 0 aliphatic carbocycles. The summed E-state index contributed by atoms with van der Waals surface area (Å²) in [4.78, 5) is 24.8. The molecule has 56 heavy (non-hydrogen) atoms. The van der Waals surface area contributed by atoms with E-state index in [-0.39, 0.29) is 113 Å². The molecule has 2 aromatic heterocycles. The van der Waals surface area contributed by atoms with Crippen molar-refractivity contribution >= 4 is 66.0 Å². The van der Waals surface area contributed by atoms with Gasteiger partial charge in [-0.05, 0) is 60.7 Å². The summed E-state index contributed by atoms with van der Waals surface area (Å²) in [5, 5.41) is 54.1. The number of aryl methyl sites for hydroxylation is 2. The van der Waals surface area contributed by atoms with Crippen LogP contribution >= 0.6 is 23.2 Å². The molecule has 0 aliphatic heterocycles. The van der Waals surface area contributed by atoms with Crippen LogP contribution in [0.3, 0.4) is 0 Å². The van der Waals surface area contributed by atoms with Gasteiger partial charge in [-0.15, -0.1) is 11.4 Å². The van der Waals surface area contributed by atoms with Crippen molar-refractivity contribution in [2.75, 3.05) is 0 Å². The fourth-order valence-corrected chi connectivity index (χ4v) is 6.42. The number of halogens is 2. The van der Waals surface area contributed by atoms with E-state index in [4.69, 9.17) is 33.5 Å². The van der Waals surface area contributed by atoms with Crippen LogP contribution in [-0.4, -0.2) is 46.6 Å². The molecule has 6 rings (SSSR count). The van der Waals surface area contributed by atoms with Crippen LogP contribution in [0.25, 0.3) is 11.4 Å². The number of aromatic hydroxyl groups is 2. The Balaban J connectivity index is 0.000000290. The quantitative estimate of drug-likeness (QED) is 0.0983. The van der Waals surface area contributed by atoms with Gasteiger partial charge in [0.05, 0.1) is 11.4 Å². The molecule has 6 N–H and O–H groups in total. The number of rotatable bonds is 8. The van der Waals surface area contributed by atoms with Crippen LogP contribution in [0, 0.1) is 13.8 Å². The van der Waals surface area contributed by atoms with E-state index in [2.05, 4.69) is 30.7 Å². The molecule has 6 aromatic rings. The molecule has 0 spiro atoms. The maximum absolute atomic E-state index is 12.7. The first kappa shape index (κ1) is 46.0. The molecular weight excluding hydrogens is 869 g/mol. The van der Waals surface area contributed by atoms with Gasteiger partial charge in [-0.2, -0.15) is 10.2 Å². The number of sulfonamides is 2. The van der Waals surface area contributed by atoms with Crippen molar-refractivity contribution in [3.63, 3.8) is 0 Å². The van der Waals surface area contributed by atoms with Crippen LogP contribution in [0.1, 0.15) is 11.4 Å². The Bertz CT molecular complexity index is 2630. The van der Waals surface area contributed by atoms with Gasteiger partial charge in [0.25, 0.3) is 0 Å². The van der Waals surface area contributed by atoms with Gasteiger partial charge in [0.2, 0.25) is 20.0 Å². The zero-order valence-electron chi connectivity index (χ0n) is 29.1. The number of azo groups is 2. The van der Waals surface area contributed by atoms with E-state index in [0.29, 0.717) is 10.0 Å². The summed E-state index contributed by atoms with van der Waals surface area (Å²) in [5.74, 6) is -0.333. The van der Waals surface area contributed by atoms with Gasteiger partial charge in [0.1, 0.15) is 43.8 Å². The van der Waals surface area contributed by atoms with E-state index in [0.717, 1.165) is 9.36 Å². The molecule has 1 radical (unpaired) electrons. The number of aromatic nitrogens is 4. The van der Waals surface area contributed by atoms with Crippen LogP contribution in [0.15, 0.2) is 125 Å². The van der Waals surface area contributed by atoms with Crippen LogP contribution in [0.5, 0.6) is 11.5 Å². The molecule has 0 saturated heterocycles. The molecule has 0 amide bonds. The number of primary sulfonamides is 2. The normalized spacial score (nSPS) is 11.5. The minimum atomic E-state index is -4.07. The summed E-state index contributed by atoms with van der Waals surface area (Å²) < 4.78 is 48.8. The molecule has 0 unspecified atom stereocenters. The minimum Gasteiger partial charge on any atom is -0.506 e. The number of phenols is 2.